The molecule has 2 bridgehead atoms. The first kappa shape index (κ1) is 11.8. The number of alkyl halides is 2. The number of carbonyl (C=O) groups excluding carboxylic acids is 1. The normalized spacial score (nSPS) is 32.9. The molecule has 0 saturated carbocycles. The maximum atomic E-state index is 11.6. The number of rotatable bonds is 0. The van der Waals surface area contributed by atoms with Crippen molar-refractivity contribution in [3.63, 3.8) is 0 Å². The van der Waals surface area contributed by atoms with Gasteiger partial charge in [0, 0.05) is 0 Å². The van der Waals surface area contributed by atoms with Crippen LogP contribution in [0.5, 0.6) is 0 Å². The fourth-order valence-electron chi connectivity index (χ4n) is 2.21. The summed E-state index contributed by atoms with van der Waals surface area (Å²) >= 11 is 12.1. The number of ether oxygens (including phenoxy) is 1. The first-order chi connectivity index (χ1) is 8.57. The van der Waals surface area contributed by atoms with Gasteiger partial charge in [-0.2, -0.15) is 0 Å². The van der Waals surface area contributed by atoms with Crippen LogP contribution in [0.25, 0.3) is 0 Å². The largest absolute Gasteiger partial charge is 0.428 e. The first-order valence-electron chi connectivity index (χ1n) is 5.63. The van der Waals surface area contributed by atoms with Gasteiger partial charge in [-0.05, 0) is 23.6 Å². The third-order valence-electron chi connectivity index (χ3n) is 3.15. The van der Waals surface area contributed by atoms with Crippen molar-refractivity contribution >= 4 is 29.2 Å². The van der Waals surface area contributed by atoms with E-state index in [-0.39, 0.29) is 0 Å². The van der Waals surface area contributed by atoms with Crippen LogP contribution in [0.1, 0.15) is 6.42 Å². The van der Waals surface area contributed by atoms with Crippen LogP contribution in [0.4, 0.5) is 0 Å². The second-order valence-electron chi connectivity index (χ2n) is 4.44. The van der Waals surface area contributed by atoms with Crippen LogP contribution in [0.15, 0.2) is 59.4 Å². The van der Waals surface area contributed by atoms with Crippen molar-refractivity contribution in [3.05, 3.63) is 59.4 Å². The molecule has 4 heteroatoms. The summed E-state index contributed by atoms with van der Waals surface area (Å²) in [5.74, 6) is -0.522. The Balaban J connectivity index is 2.12. The van der Waals surface area contributed by atoms with Crippen LogP contribution in [0, 0.1) is 5.92 Å². The van der Waals surface area contributed by atoms with Gasteiger partial charge in [0.2, 0.25) is 4.33 Å². The number of allylic oxidation sites excluding steroid dienone is 9. The highest BCUT2D eigenvalue weighted by Gasteiger charge is 2.52. The number of hydrogen-bond acceptors (Lipinski definition) is 2. The van der Waals surface area contributed by atoms with Gasteiger partial charge in [-0.25, -0.2) is 4.79 Å². The highest BCUT2D eigenvalue weighted by molar-refractivity contribution is 6.58. The topological polar surface area (TPSA) is 26.3 Å². The summed E-state index contributed by atoms with van der Waals surface area (Å²) < 4.78 is 3.64. The highest BCUT2D eigenvalue weighted by Crippen LogP contribution is 2.45. The molecule has 2 nitrogen and oxygen atoms in total. The van der Waals surface area contributed by atoms with E-state index in [9.17, 15) is 4.79 Å². The lowest BCUT2D eigenvalue weighted by Crippen LogP contribution is -2.26. The Bertz CT molecular complexity index is 562. The van der Waals surface area contributed by atoms with Crippen molar-refractivity contribution in [1.29, 1.82) is 0 Å². The van der Waals surface area contributed by atoms with Crippen molar-refractivity contribution in [2.45, 2.75) is 10.8 Å². The van der Waals surface area contributed by atoms with Crippen LogP contribution in [-0.2, 0) is 9.53 Å². The average molecular weight is 281 g/mol. The van der Waals surface area contributed by atoms with Crippen molar-refractivity contribution < 1.29 is 9.53 Å². The van der Waals surface area contributed by atoms with Crippen molar-refractivity contribution in [1.82, 2.24) is 0 Å². The Hall–Kier alpha value is -1.25. The monoisotopic (exact) mass is 280 g/mol. The lowest BCUT2D eigenvalue weighted by Gasteiger charge is -2.16. The van der Waals surface area contributed by atoms with E-state index in [4.69, 9.17) is 27.9 Å². The van der Waals surface area contributed by atoms with E-state index in [0.717, 1.165) is 17.6 Å². The molecule has 1 unspecified atom stereocenters. The van der Waals surface area contributed by atoms with Gasteiger partial charge in [0.25, 0.3) is 0 Å². The Morgan fingerprint density at radius 3 is 2.72 bits per heavy atom. The molecule has 1 fully saturated rings. The maximum absolute atomic E-state index is 11.6. The minimum absolute atomic E-state index is 0.432. The molecule has 0 aromatic heterocycles. The van der Waals surface area contributed by atoms with Crippen LogP contribution >= 0.6 is 23.2 Å². The number of carbonyl (C=O) groups is 1. The number of halogens is 2. The van der Waals surface area contributed by atoms with E-state index in [0.29, 0.717) is 5.76 Å². The molecule has 0 spiro atoms. The summed E-state index contributed by atoms with van der Waals surface area (Å²) in [5, 5.41) is 0. The van der Waals surface area contributed by atoms with E-state index in [2.05, 4.69) is 0 Å². The van der Waals surface area contributed by atoms with Crippen molar-refractivity contribution in [3.8, 4) is 0 Å². The predicted molar refractivity (Wildman–Crippen MR) is 71.2 cm³/mol. The Labute approximate surface area is 115 Å². The second-order valence-corrected chi connectivity index (χ2v) is 5.83. The lowest BCUT2D eigenvalue weighted by atomic mass is 9.95. The zero-order chi connectivity index (χ0) is 12.8. The van der Waals surface area contributed by atoms with Gasteiger partial charge < -0.3 is 4.74 Å². The molecule has 0 amide bonds. The third-order valence-corrected chi connectivity index (χ3v) is 3.93. The van der Waals surface area contributed by atoms with Gasteiger partial charge in [-0.3, -0.25) is 0 Å². The molecule has 0 aromatic carbocycles. The standard InChI is InChI=1S/C14H10Cl2O2/c15-14(16)11-6-5-9-3-1-2-4-10(7-9)8-12(11)18-13(14)17/h1-6,8,11H,7H2/b6-5-,12-8+. The van der Waals surface area contributed by atoms with Gasteiger partial charge in [0.1, 0.15) is 5.76 Å². The molecule has 1 atom stereocenters. The van der Waals surface area contributed by atoms with Crippen LogP contribution in [0.3, 0.4) is 0 Å². The molecular formula is C14H10Cl2O2. The van der Waals surface area contributed by atoms with E-state index in [1.54, 1.807) is 0 Å². The fourth-order valence-corrected chi connectivity index (χ4v) is 2.64. The SMILES string of the molecule is O=C1O/C2=C/C3=CC=CC=C(/C=C\C2C1(Cl)Cl)C3. The Morgan fingerprint density at radius 2 is 1.94 bits per heavy atom. The Kier molecular flexibility index (Phi) is 2.72. The molecule has 0 radical (unpaired) electrons. The van der Waals surface area contributed by atoms with E-state index in [1.807, 2.05) is 42.5 Å². The summed E-state index contributed by atoms with van der Waals surface area (Å²) in [6.45, 7) is 0. The highest BCUT2D eigenvalue weighted by atomic mass is 35.5. The molecule has 18 heavy (non-hydrogen) atoms. The Morgan fingerprint density at radius 1 is 1.22 bits per heavy atom. The quantitative estimate of drug-likeness (QED) is 0.501. The smallest absolute Gasteiger partial charge is 0.348 e. The molecule has 0 aromatic rings. The summed E-state index contributed by atoms with van der Waals surface area (Å²) in [7, 11) is 0. The molecule has 1 heterocycles. The van der Waals surface area contributed by atoms with Crippen LogP contribution < -0.4 is 0 Å². The summed E-state index contributed by atoms with van der Waals surface area (Å²) in [6.07, 6.45) is 14.4. The number of fused-ring (bicyclic) bond motifs is 3. The van der Waals surface area contributed by atoms with Crippen LogP contribution in [-0.4, -0.2) is 10.3 Å². The third kappa shape index (κ3) is 1.86. The molecule has 1 saturated heterocycles. The van der Waals surface area contributed by atoms with Gasteiger partial charge >= 0.3 is 5.97 Å². The molecule has 0 N–H and O–H groups in total. The summed E-state index contributed by atoms with van der Waals surface area (Å²) in [6, 6.07) is 0. The zero-order valence-corrected chi connectivity index (χ0v) is 10.9. The molecule has 3 rings (SSSR count). The summed E-state index contributed by atoms with van der Waals surface area (Å²) in [5.41, 5.74) is 2.21. The lowest BCUT2D eigenvalue weighted by molar-refractivity contribution is -0.136. The van der Waals surface area contributed by atoms with Gasteiger partial charge in [0.15, 0.2) is 0 Å². The van der Waals surface area contributed by atoms with E-state index < -0.39 is 16.2 Å². The molecule has 1 aliphatic heterocycles. The van der Waals surface area contributed by atoms with E-state index >= 15 is 0 Å². The molecular weight excluding hydrogens is 271 g/mol. The van der Waals surface area contributed by atoms with Gasteiger partial charge in [0.05, 0.1) is 5.92 Å². The maximum Gasteiger partial charge on any atom is 0.348 e. The van der Waals surface area contributed by atoms with Crippen LogP contribution in [0.2, 0.25) is 0 Å². The molecule has 3 aliphatic rings. The van der Waals surface area contributed by atoms with E-state index in [1.165, 1.54) is 0 Å². The fraction of sp³-hybridized carbons (Fsp3) is 0.214. The average Bonchev–Trinajstić information content (AvgIpc) is 2.48. The summed E-state index contributed by atoms with van der Waals surface area (Å²) in [4.78, 5) is 11.6. The molecule has 2 aliphatic carbocycles. The number of esters is 1. The molecule has 92 valence electrons. The van der Waals surface area contributed by atoms with Gasteiger partial charge in [-0.15, -0.1) is 0 Å². The second kappa shape index (κ2) is 4.15. The first-order valence-corrected chi connectivity index (χ1v) is 6.39. The zero-order valence-electron chi connectivity index (χ0n) is 9.40. The van der Waals surface area contributed by atoms with Crippen molar-refractivity contribution in [2.24, 2.45) is 5.92 Å². The minimum Gasteiger partial charge on any atom is -0.428 e. The van der Waals surface area contributed by atoms with Gasteiger partial charge in [-0.1, -0.05) is 59.7 Å². The number of hydrogen-bond donors (Lipinski definition) is 0. The van der Waals surface area contributed by atoms with Crippen molar-refractivity contribution in [2.75, 3.05) is 0 Å². The minimum atomic E-state index is -1.53. The predicted octanol–water partition coefficient (Wildman–Crippen LogP) is 3.60.